The predicted molar refractivity (Wildman–Crippen MR) is 87.6 cm³/mol. The van der Waals surface area contributed by atoms with Gasteiger partial charge in [0.25, 0.3) is 0 Å². The van der Waals surface area contributed by atoms with Crippen molar-refractivity contribution in [3.05, 3.63) is 24.3 Å². The number of carbonyl (C=O) groups is 2. The van der Waals surface area contributed by atoms with Crippen LogP contribution < -0.4 is 0 Å². The molecule has 0 N–H and O–H groups in total. The van der Waals surface area contributed by atoms with E-state index in [4.69, 9.17) is 4.74 Å². The molecule has 0 spiro atoms. The molecule has 6 atom stereocenters. The summed E-state index contributed by atoms with van der Waals surface area (Å²) in [5.41, 5.74) is 0.626. The molecule has 4 aliphatic rings. The zero-order valence-electron chi connectivity index (χ0n) is 14.4. The second-order valence-corrected chi connectivity index (χ2v) is 8.85. The molecule has 3 heteroatoms. The molecular formula is C20H26O3. The molecule has 0 amide bonds. The van der Waals surface area contributed by atoms with Crippen LogP contribution in [0.3, 0.4) is 0 Å². The molecule has 0 bridgehead atoms. The van der Waals surface area contributed by atoms with E-state index in [0.29, 0.717) is 12.3 Å². The highest BCUT2D eigenvalue weighted by Gasteiger charge is 2.69. The number of rotatable bonds is 1. The van der Waals surface area contributed by atoms with Crippen LogP contribution in [-0.4, -0.2) is 17.9 Å². The van der Waals surface area contributed by atoms with E-state index < -0.39 is 5.41 Å². The lowest BCUT2D eigenvalue weighted by Crippen LogP contribution is -2.57. The van der Waals surface area contributed by atoms with Crippen molar-refractivity contribution in [3.63, 3.8) is 0 Å². The van der Waals surface area contributed by atoms with Gasteiger partial charge < -0.3 is 4.74 Å². The number of ether oxygens (including phenoxy) is 1. The molecule has 0 aromatic heterocycles. The minimum atomic E-state index is -0.932. The standard InChI is InChI=1S/C20H26O3/c1-5-18(2)8-6-13-12(11-18)10-14-16-19(13,3)9-7-15(21)20(16,4)17(22)23-14/h5,10,13-14,16H,1,6-9,11H2,2-4H3/t13?,14?,16?,18-,19-,20+/m1/s1. The number of Topliss-reactive ketones (excluding diaryl/α,β-unsaturated/α-hetero) is 1. The molecule has 1 saturated heterocycles. The average molecular weight is 314 g/mol. The van der Waals surface area contributed by atoms with Crippen molar-refractivity contribution in [2.24, 2.45) is 28.1 Å². The Morgan fingerprint density at radius 2 is 2.00 bits per heavy atom. The normalized spacial score (nSPS) is 51.4. The van der Waals surface area contributed by atoms with Crippen molar-refractivity contribution in [2.45, 2.75) is 59.0 Å². The fourth-order valence-electron chi connectivity index (χ4n) is 6.06. The van der Waals surface area contributed by atoms with Gasteiger partial charge in [0.1, 0.15) is 17.3 Å². The van der Waals surface area contributed by atoms with Gasteiger partial charge in [-0.25, -0.2) is 0 Å². The van der Waals surface area contributed by atoms with E-state index in [1.165, 1.54) is 5.57 Å². The molecule has 1 aliphatic heterocycles. The molecular weight excluding hydrogens is 288 g/mol. The fraction of sp³-hybridized carbons (Fsp3) is 0.700. The second kappa shape index (κ2) is 4.37. The average Bonchev–Trinajstić information content (AvgIpc) is 2.77. The van der Waals surface area contributed by atoms with Crippen LogP contribution in [0.5, 0.6) is 0 Å². The third-order valence-electron chi connectivity index (χ3n) is 7.53. The highest BCUT2D eigenvalue weighted by Crippen LogP contribution is 2.65. The summed E-state index contributed by atoms with van der Waals surface area (Å²) < 4.78 is 5.71. The molecule has 3 aliphatic carbocycles. The van der Waals surface area contributed by atoms with E-state index in [1.807, 2.05) is 6.92 Å². The van der Waals surface area contributed by atoms with Crippen molar-refractivity contribution in [1.29, 1.82) is 0 Å². The number of ketones is 1. The lowest BCUT2D eigenvalue weighted by atomic mass is 9.45. The van der Waals surface area contributed by atoms with Crippen LogP contribution in [0.1, 0.15) is 52.9 Å². The van der Waals surface area contributed by atoms with Crippen LogP contribution >= 0.6 is 0 Å². The highest BCUT2D eigenvalue weighted by molar-refractivity contribution is 6.06. The molecule has 124 valence electrons. The molecule has 0 radical (unpaired) electrons. The van der Waals surface area contributed by atoms with Gasteiger partial charge in [0, 0.05) is 12.3 Å². The third-order valence-corrected chi connectivity index (χ3v) is 7.53. The van der Waals surface area contributed by atoms with Crippen molar-refractivity contribution in [2.75, 3.05) is 0 Å². The van der Waals surface area contributed by atoms with Gasteiger partial charge in [-0.3, -0.25) is 9.59 Å². The smallest absolute Gasteiger partial charge is 0.320 e. The van der Waals surface area contributed by atoms with E-state index in [0.717, 1.165) is 25.7 Å². The Balaban J connectivity index is 1.83. The summed E-state index contributed by atoms with van der Waals surface area (Å²) >= 11 is 0. The summed E-state index contributed by atoms with van der Waals surface area (Å²) in [5, 5.41) is 0. The van der Waals surface area contributed by atoms with E-state index in [2.05, 4.69) is 32.6 Å². The minimum absolute atomic E-state index is 0.00517. The molecule has 3 nitrogen and oxygen atoms in total. The van der Waals surface area contributed by atoms with Crippen molar-refractivity contribution >= 4 is 11.8 Å². The number of allylic oxidation sites excluding steroid dienone is 2. The highest BCUT2D eigenvalue weighted by atomic mass is 16.6. The topological polar surface area (TPSA) is 43.4 Å². The van der Waals surface area contributed by atoms with Crippen LogP contribution in [-0.2, 0) is 14.3 Å². The SMILES string of the molecule is C=C[C@]1(C)CCC2C(=CC3OC(=O)[C@@]4(C)C(=O)CC[C@@]2(C)C34)C1. The van der Waals surface area contributed by atoms with Crippen molar-refractivity contribution < 1.29 is 14.3 Å². The Morgan fingerprint density at radius 3 is 2.70 bits per heavy atom. The summed E-state index contributed by atoms with van der Waals surface area (Å²) in [6, 6.07) is 0. The molecule has 4 rings (SSSR count). The van der Waals surface area contributed by atoms with Gasteiger partial charge in [0.15, 0.2) is 0 Å². The van der Waals surface area contributed by atoms with Crippen LogP contribution in [0.15, 0.2) is 24.3 Å². The molecule has 3 unspecified atom stereocenters. The number of fused-ring (bicyclic) bond motifs is 2. The van der Waals surface area contributed by atoms with E-state index in [-0.39, 0.29) is 34.6 Å². The molecule has 2 saturated carbocycles. The molecule has 0 aromatic carbocycles. The lowest BCUT2D eigenvalue weighted by molar-refractivity contribution is -0.155. The Morgan fingerprint density at radius 1 is 1.26 bits per heavy atom. The summed E-state index contributed by atoms with van der Waals surface area (Å²) in [5.74, 6) is 0.255. The minimum Gasteiger partial charge on any atom is -0.457 e. The maximum Gasteiger partial charge on any atom is 0.320 e. The van der Waals surface area contributed by atoms with Crippen LogP contribution in [0, 0.1) is 28.1 Å². The number of hydrogen-bond donors (Lipinski definition) is 0. The van der Waals surface area contributed by atoms with Gasteiger partial charge in [-0.05, 0) is 55.4 Å². The fourth-order valence-corrected chi connectivity index (χ4v) is 6.06. The van der Waals surface area contributed by atoms with Gasteiger partial charge >= 0.3 is 5.97 Å². The van der Waals surface area contributed by atoms with E-state index in [1.54, 1.807) is 0 Å². The third kappa shape index (κ3) is 1.71. The molecule has 23 heavy (non-hydrogen) atoms. The Kier molecular flexibility index (Phi) is 2.88. The maximum atomic E-state index is 12.6. The summed E-state index contributed by atoms with van der Waals surface area (Å²) in [4.78, 5) is 25.1. The molecule has 3 fully saturated rings. The first-order valence-electron chi connectivity index (χ1n) is 8.83. The van der Waals surface area contributed by atoms with E-state index >= 15 is 0 Å². The van der Waals surface area contributed by atoms with Crippen LogP contribution in [0.25, 0.3) is 0 Å². The Labute approximate surface area is 138 Å². The maximum absolute atomic E-state index is 12.6. The zero-order chi connectivity index (χ0) is 16.6. The monoisotopic (exact) mass is 314 g/mol. The van der Waals surface area contributed by atoms with Gasteiger partial charge in [0.05, 0.1) is 0 Å². The molecule has 1 heterocycles. The van der Waals surface area contributed by atoms with Gasteiger partial charge in [0.2, 0.25) is 0 Å². The predicted octanol–water partition coefficient (Wildman–Crippen LogP) is 3.84. The number of carbonyl (C=O) groups excluding carboxylic acids is 2. The van der Waals surface area contributed by atoms with Crippen LogP contribution in [0.2, 0.25) is 0 Å². The summed E-state index contributed by atoms with van der Waals surface area (Å²) in [6.07, 6.45) is 8.67. The molecule has 0 aromatic rings. The van der Waals surface area contributed by atoms with E-state index in [9.17, 15) is 9.59 Å². The first-order valence-corrected chi connectivity index (χ1v) is 8.83. The number of esters is 1. The van der Waals surface area contributed by atoms with Gasteiger partial charge in [-0.2, -0.15) is 0 Å². The first-order chi connectivity index (χ1) is 10.7. The Hall–Kier alpha value is -1.38. The second-order valence-electron chi connectivity index (χ2n) is 8.85. The summed E-state index contributed by atoms with van der Waals surface area (Å²) in [6.45, 7) is 10.4. The van der Waals surface area contributed by atoms with Crippen LogP contribution in [0.4, 0.5) is 0 Å². The van der Waals surface area contributed by atoms with Gasteiger partial charge in [-0.15, -0.1) is 6.58 Å². The number of hydrogen-bond acceptors (Lipinski definition) is 3. The van der Waals surface area contributed by atoms with Crippen molar-refractivity contribution in [3.8, 4) is 0 Å². The quantitative estimate of drug-likeness (QED) is 0.419. The van der Waals surface area contributed by atoms with Crippen molar-refractivity contribution in [1.82, 2.24) is 0 Å². The zero-order valence-corrected chi connectivity index (χ0v) is 14.4. The first kappa shape index (κ1) is 15.2. The van der Waals surface area contributed by atoms with Gasteiger partial charge in [-0.1, -0.05) is 25.5 Å². The Bertz CT molecular complexity index is 647. The lowest BCUT2D eigenvalue weighted by Gasteiger charge is -2.56. The summed E-state index contributed by atoms with van der Waals surface area (Å²) in [7, 11) is 0. The largest absolute Gasteiger partial charge is 0.457 e.